The molecule has 5 nitrogen and oxygen atoms in total. The van der Waals surface area contributed by atoms with E-state index in [0.29, 0.717) is 41.7 Å². The van der Waals surface area contributed by atoms with Crippen LogP contribution in [0.15, 0.2) is 30.3 Å². The quantitative estimate of drug-likeness (QED) is 0.608. The zero-order chi connectivity index (χ0) is 21.3. The lowest BCUT2D eigenvalue weighted by molar-refractivity contribution is 0.0391. The Bertz CT molecular complexity index is 1080. The molecular weight excluding hydrogens is 408 g/mol. The third kappa shape index (κ3) is 4.35. The van der Waals surface area contributed by atoms with Gasteiger partial charge in [0.25, 0.3) is 5.91 Å². The first-order valence-electron chi connectivity index (χ1n) is 9.87. The molecule has 1 aromatic heterocycles. The molecule has 2 heterocycles. The summed E-state index contributed by atoms with van der Waals surface area (Å²) < 4.78 is 33.6. The molecule has 1 fully saturated rings. The molecule has 1 amide bonds. The molecule has 0 aliphatic carbocycles. The summed E-state index contributed by atoms with van der Waals surface area (Å²) in [7, 11) is 0. The predicted molar refractivity (Wildman–Crippen MR) is 114 cm³/mol. The average Bonchev–Trinajstić information content (AvgIpc) is 3.15. The van der Waals surface area contributed by atoms with Gasteiger partial charge in [0.1, 0.15) is 11.3 Å². The van der Waals surface area contributed by atoms with Crippen LogP contribution in [0, 0.1) is 25.5 Å². The van der Waals surface area contributed by atoms with E-state index in [9.17, 15) is 13.6 Å². The number of benzene rings is 2. The zero-order valence-electron chi connectivity index (χ0n) is 17.0. The number of nitrogens with zero attached hydrogens (tertiary/aromatic N) is 3. The zero-order valence-corrected chi connectivity index (χ0v) is 17.8. The molecule has 8 heteroatoms. The van der Waals surface area contributed by atoms with Gasteiger partial charge in [-0.2, -0.15) is 0 Å². The maximum absolute atomic E-state index is 14.2. The van der Waals surface area contributed by atoms with Crippen molar-refractivity contribution in [2.24, 2.45) is 0 Å². The Balaban J connectivity index is 1.68. The minimum atomic E-state index is -0.723. The Morgan fingerprint density at radius 2 is 1.93 bits per heavy atom. The van der Waals surface area contributed by atoms with Crippen LogP contribution < -0.4 is 4.90 Å². The predicted octanol–water partition coefficient (Wildman–Crippen LogP) is 4.17. The van der Waals surface area contributed by atoms with Crippen molar-refractivity contribution in [1.82, 2.24) is 9.88 Å². The Kier molecular flexibility index (Phi) is 6.08. The highest BCUT2D eigenvalue weighted by Crippen LogP contribution is 2.32. The largest absolute Gasteiger partial charge is 0.379 e. The van der Waals surface area contributed by atoms with Gasteiger partial charge in [0, 0.05) is 37.8 Å². The van der Waals surface area contributed by atoms with Crippen LogP contribution in [0.25, 0.3) is 10.2 Å². The average molecular weight is 432 g/mol. The van der Waals surface area contributed by atoms with E-state index in [4.69, 9.17) is 4.74 Å². The summed E-state index contributed by atoms with van der Waals surface area (Å²) in [5, 5.41) is 0.367. The van der Waals surface area contributed by atoms with Gasteiger partial charge >= 0.3 is 0 Å². The Hall–Kier alpha value is -2.42. The number of aromatic nitrogens is 1. The molecule has 0 saturated carbocycles. The monoisotopic (exact) mass is 431 g/mol. The molecule has 30 heavy (non-hydrogen) atoms. The summed E-state index contributed by atoms with van der Waals surface area (Å²) in [6.45, 7) is 7.91. The lowest BCUT2D eigenvalue weighted by atomic mass is 10.1. The summed E-state index contributed by atoms with van der Waals surface area (Å²) in [4.78, 5) is 21.5. The first-order valence-corrected chi connectivity index (χ1v) is 10.7. The van der Waals surface area contributed by atoms with E-state index in [0.717, 1.165) is 41.6 Å². The number of hydrogen-bond donors (Lipinski definition) is 0. The molecule has 4 rings (SSSR count). The maximum Gasteiger partial charge on any atom is 0.260 e. The smallest absolute Gasteiger partial charge is 0.260 e. The fourth-order valence-corrected chi connectivity index (χ4v) is 4.47. The molecular formula is C22H23F2N3O2S. The molecule has 0 bridgehead atoms. The number of amides is 1. The molecule has 0 N–H and O–H groups in total. The van der Waals surface area contributed by atoms with Crippen molar-refractivity contribution in [3.8, 4) is 0 Å². The molecule has 158 valence electrons. The molecule has 0 radical (unpaired) electrons. The Labute approximate surface area is 177 Å². The second-order valence-electron chi connectivity index (χ2n) is 7.44. The van der Waals surface area contributed by atoms with Crippen LogP contribution in [-0.2, 0) is 4.74 Å². The van der Waals surface area contributed by atoms with Crippen molar-refractivity contribution < 1.29 is 18.3 Å². The van der Waals surface area contributed by atoms with E-state index in [1.807, 2.05) is 26.0 Å². The topological polar surface area (TPSA) is 45.7 Å². The van der Waals surface area contributed by atoms with Crippen molar-refractivity contribution in [2.45, 2.75) is 13.8 Å². The van der Waals surface area contributed by atoms with Crippen LogP contribution in [0.3, 0.4) is 0 Å². The van der Waals surface area contributed by atoms with Crippen molar-refractivity contribution >= 4 is 32.6 Å². The number of aryl methyl sites for hydroxylation is 2. The van der Waals surface area contributed by atoms with Crippen molar-refractivity contribution in [1.29, 1.82) is 0 Å². The van der Waals surface area contributed by atoms with Crippen LogP contribution in [0.2, 0.25) is 0 Å². The van der Waals surface area contributed by atoms with E-state index in [-0.39, 0.29) is 11.4 Å². The van der Waals surface area contributed by atoms with E-state index in [1.54, 1.807) is 11.0 Å². The number of morpholine rings is 1. The fourth-order valence-electron chi connectivity index (χ4n) is 3.44. The second kappa shape index (κ2) is 8.75. The third-order valence-electron chi connectivity index (χ3n) is 5.38. The van der Waals surface area contributed by atoms with Crippen LogP contribution in [0.5, 0.6) is 0 Å². The summed E-state index contributed by atoms with van der Waals surface area (Å²) in [5.41, 5.74) is 2.75. The Morgan fingerprint density at radius 3 is 2.67 bits per heavy atom. The SMILES string of the molecule is Cc1ccc(C(=O)N(CCN2CCOCC2)c2nc3c(F)cc(F)cc3s2)cc1C. The first kappa shape index (κ1) is 20.8. The van der Waals surface area contributed by atoms with Crippen molar-refractivity contribution in [3.63, 3.8) is 0 Å². The minimum absolute atomic E-state index is 0.0839. The Morgan fingerprint density at radius 1 is 1.17 bits per heavy atom. The molecule has 0 unspecified atom stereocenters. The number of anilines is 1. The van der Waals surface area contributed by atoms with E-state index in [1.165, 1.54) is 6.07 Å². The minimum Gasteiger partial charge on any atom is -0.379 e. The summed E-state index contributed by atoms with van der Waals surface area (Å²) >= 11 is 1.12. The fraction of sp³-hybridized carbons (Fsp3) is 0.364. The van der Waals surface area contributed by atoms with E-state index in [2.05, 4.69) is 9.88 Å². The molecule has 1 saturated heterocycles. The number of halogens is 2. The molecule has 0 spiro atoms. The number of fused-ring (bicyclic) bond motifs is 1. The number of rotatable bonds is 5. The normalized spacial score (nSPS) is 14.9. The summed E-state index contributed by atoms with van der Waals surface area (Å²) in [6, 6.07) is 7.62. The first-order chi connectivity index (χ1) is 14.4. The molecule has 2 aromatic carbocycles. The van der Waals surface area contributed by atoms with Crippen LogP contribution in [0.1, 0.15) is 21.5 Å². The van der Waals surface area contributed by atoms with Gasteiger partial charge in [0.05, 0.1) is 17.9 Å². The van der Waals surface area contributed by atoms with Gasteiger partial charge < -0.3 is 4.74 Å². The van der Waals surface area contributed by atoms with Gasteiger partial charge in [-0.3, -0.25) is 14.6 Å². The van der Waals surface area contributed by atoms with Crippen LogP contribution >= 0.6 is 11.3 Å². The standard InChI is InChI=1S/C22H23F2N3O2S/c1-14-3-4-16(11-15(14)2)21(28)27(6-5-26-7-9-29-10-8-26)22-25-20-18(24)12-17(23)13-19(20)30-22/h3-4,11-13H,5-10H2,1-2H3. The molecule has 0 atom stereocenters. The highest BCUT2D eigenvalue weighted by atomic mass is 32.1. The number of carbonyl (C=O) groups excluding carboxylic acids is 1. The summed E-state index contributed by atoms with van der Waals surface area (Å²) in [6.07, 6.45) is 0. The van der Waals surface area contributed by atoms with Gasteiger partial charge in [-0.15, -0.1) is 0 Å². The number of carbonyl (C=O) groups is 1. The number of hydrogen-bond acceptors (Lipinski definition) is 5. The van der Waals surface area contributed by atoms with Gasteiger partial charge in [-0.1, -0.05) is 17.4 Å². The molecule has 1 aliphatic rings. The van der Waals surface area contributed by atoms with Crippen LogP contribution in [0.4, 0.5) is 13.9 Å². The molecule has 3 aromatic rings. The van der Waals surface area contributed by atoms with Crippen molar-refractivity contribution in [2.75, 3.05) is 44.3 Å². The third-order valence-corrected chi connectivity index (χ3v) is 6.40. The highest BCUT2D eigenvalue weighted by Gasteiger charge is 2.24. The summed E-state index contributed by atoms with van der Waals surface area (Å²) in [5.74, 6) is -1.58. The number of ether oxygens (including phenoxy) is 1. The number of thiazole rings is 1. The lowest BCUT2D eigenvalue weighted by Crippen LogP contribution is -2.43. The lowest BCUT2D eigenvalue weighted by Gasteiger charge is -2.29. The van der Waals surface area contributed by atoms with Gasteiger partial charge in [0.2, 0.25) is 0 Å². The van der Waals surface area contributed by atoms with Gasteiger partial charge in [-0.05, 0) is 43.2 Å². The van der Waals surface area contributed by atoms with E-state index < -0.39 is 11.6 Å². The van der Waals surface area contributed by atoms with Gasteiger partial charge in [-0.25, -0.2) is 13.8 Å². The second-order valence-corrected chi connectivity index (χ2v) is 8.45. The van der Waals surface area contributed by atoms with E-state index >= 15 is 0 Å². The highest BCUT2D eigenvalue weighted by molar-refractivity contribution is 7.22. The molecule has 1 aliphatic heterocycles. The maximum atomic E-state index is 14.2. The van der Waals surface area contributed by atoms with Crippen molar-refractivity contribution in [3.05, 3.63) is 58.7 Å². The van der Waals surface area contributed by atoms with Gasteiger partial charge in [0.15, 0.2) is 10.9 Å². The van der Waals surface area contributed by atoms with Crippen LogP contribution in [-0.4, -0.2) is 55.2 Å².